The summed E-state index contributed by atoms with van der Waals surface area (Å²) in [6.07, 6.45) is 1.41. The number of alkyl halides is 2. The van der Waals surface area contributed by atoms with Crippen LogP contribution in [0.3, 0.4) is 0 Å². The molecule has 0 spiro atoms. The second-order valence-electron chi connectivity index (χ2n) is 3.67. The molecule has 3 nitrogen and oxygen atoms in total. The van der Waals surface area contributed by atoms with Gasteiger partial charge in [0.15, 0.2) is 5.78 Å². The molecule has 0 amide bonds. The molecular weight excluding hydrogens is 277 g/mol. The number of rotatable bonds is 2. The maximum atomic E-state index is 12.6. The number of hydrogen-bond donors (Lipinski definition) is 0. The topological polar surface area (TPSA) is 33.2 Å². The first kappa shape index (κ1) is 17.1. The molecule has 1 aromatic rings. The predicted molar refractivity (Wildman–Crippen MR) is 62.4 cm³/mol. The van der Waals surface area contributed by atoms with Crippen molar-refractivity contribution in [2.75, 3.05) is 18.0 Å². The number of pyridine rings is 1. The summed E-state index contributed by atoms with van der Waals surface area (Å²) in [7, 11) is 0. The Kier molecular flexibility index (Phi) is 6.50. The molecule has 1 radical (unpaired) electrons. The fourth-order valence-corrected chi connectivity index (χ4v) is 1.46. The normalized spacial score (nSPS) is 15.7. The van der Waals surface area contributed by atoms with E-state index in [4.69, 9.17) is 0 Å². The van der Waals surface area contributed by atoms with Gasteiger partial charge in [0, 0.05) is 30.3 Å². The fraction of sp³-hybridized carbons (Fsp3) is 0.417. The van der Waals surface area contributed by atoms with Crippen molar-refractivity contribution in [3.63, 3.8) is 0 Å². The largest absolute Gasteiger partial charge is 0.346 e. The number of nitrogens with zero attached hydrogens (tertiary/aromatic N) is 2. The second kappa shape index (κ2) is 6.85. The van der Waals surface area contributed by atoms with E-state index in [2.05, 4.69) is 11.9 Å². The first-order chi connectivity index (χ1) is 7.98. The quantitative estimate of drug-likeness (QED) is 0.620. The molecule has 0 atom stereocenters. The van der Waals surface area contributed by atoms with Gasteiger partial charge in [-0.15, -0.1) is 0 Å². The molecule has 6 heteroatoms. The fourth-order valence-electron chi connectivity index (χ4n) is 1.46. The van der Waals surface area contributed by atoms with Gasteiger partial charge >= 0.3 is 0 Å². The molecular formula is C12H15F2N2OV-. The number of carbonyl (C=O) groups is 1. The standard InChI is InChI=1S/C10H10F2N2O.C2H5.V/c1-7(15)8-2-3-9(13-4-8)14-5-10(11,12)6-14;1-2;/h2-4H,5-6H2,1H3;1H2,2H3;/q;-1;. The van der Waals surface area contributed by atoms with Crippen LogP contribution in [0.5, 0.6) is 0 Å². The first-order valence-corrected chi connectivity index (χ1v) is 5.28. The molecule has 0 N–H and O–H groups in total. The van der Waals surface area contributed by atoms with Crippen LogP contribution in [0, 0.1) is 6.92 Å². The molecule has 2 heterocycles. The molecule has 1 saturated heterocycles. The molecule has 1 aliphatic heterocycles. The molecule has 0 aliphatic carbocycles. The van der Waals surface area contributed by atoms with E-state index in [0.29, 0.717) is 11.4 Å². The van der Waals surface area contributed by atoms with Crippen LogP contribution in [0.2, 0.25) is 0 Å². The second-order valence-corrected chi connectivity index (χ2v) is 3.67. The summed E-state index contributed by atoms with van der Waals surface area (Å²) in [6.45, 7) is 5.85. The third-order valence-electron chi connectivity index (χ3n) is 2.32. The zero-order valence-electron chi connectivity index (χ0n) is 10.4. The van der Waals surface area contributed by atoms with Crippen LogP contribution in [0.15, 0.2) is 18.3 Å². The van der Waals surface area contributed by atoms with E-state index in [1.54, 1.807) is 19.1 Å². The molecule has 0 unspecified atom stereocenters. The smallest absolute Gasteiger partial charge is 0.282 e. The Hall–Kier alpha value is -0.936. The Morgan fingerprint density at radius 2 is 1.94 bits per heavy atom. The number of aromatic nitrogens is 1. The van der Waals surface area contributed by atoms with Gasteiger partial charge in [-0.25, -0.2) is 13.8 Å². The average molecular weight is 292 g/mol. The third kappa shape index (κ3) is 4.07. The average Bonchev–Trinajstić information content (AvgIpc) is 2.28. The summed E-state index contributed by atoms with van der Waals surface area (Å²) in [5, 5.41) is 0. The van der Waals surface area contributed by atoms with Gasteiger partial charge in [0.2, 0.25) is 0 Å². The van der Waals surface area contributed by atoms with Crippen LogP contribution < -0.4 is 4.90 Å². The zero-order valence-corrected chi connectivity index (χ0v) is 11.8. The van der Waals surface area contributed by atoms with E-state index in [-0.39, 0.29) is 37.4 Å². The number of carbonyl (C=O) groups excluding carboxylic acids is 1. The van der Waals surface area contributed by atoms with Crippen molar-refractivity contribution >= 4 is 11.6 Å². The molecule has 0 saturated carbocycles. The van der Waals surface area contributed by atoms with Crippen LogP contribution in [0.4, 0.5) is 14.6 Å². The summed E-state index contributed by atoms with van der Waals surface area (Å²) in [4.78, 5) is 16.4. The summed E-state index contributed by atoms with van der Waals surface area (Å²) in [5.74, 6) is -2.19. The van der Waals surface area contributed by atoms with Crippen molar-refractivity contribution in [1.29, 1.82) is 0 Å². The minimum absolute atomic E-state index is 0. The van der Waals surface area contributed by atoms with Crippen LogP contribution >= 0.6 is 0 Å². The van der Waals surface area contributed by atoms with Gasteiger partial charge in [0.25, 0.3) is 5.92 Å². The minimum atomic E-state index is -2.60. The van der Waals surface area contributed by atoms with Crippen molar-refractivity contribution in [2.24, 2.45) is 0 Å². The Bertz CT molecular complexity index is 388. The maximum Gasteiger partial charge on any atom is 0.282 e. The van der Waals surface area contributed by atoms with Gasteiger partial charge < -0.3 is 11.8 Å². The molecule has 1 aliphatic rings. The van der Waals surface area contributed by atoms with Gasteiger partial charge in [-0.3, -0.25) is 4.79 Å². The molecule has 2 rings (SSSR count). The summed E-state index contributed by atoms with van der Waals surface area (Å²) >= 11 is 0. The zero-order chi connectivity index (χ0) is 13.1. The van der Waals surface area contributed by atoms with Gasteiger partial charge in [-0.05, 0) is 19.1 Å². The summed E-state index contributed by atoms with van der Waals surface area (Å²) in [6, 6.07) is 3.19. The van der Waals surface area contributed by atoms with E-state index < -0.39 is 5.92 Å². The summed E-state index contributed by atoms with van der Waals surface area (Å²) < 4.78 is 25.1. The van der Waals surface area contributed by atoms with E-state index in [9.17, 15) is 13.6 Å². The van der Waals surface area contributed by atoms with Crippen LogP contribution in [-0.4, -0.2) is 29.8 Å². The predicted octanol–water partition coefficient (Wildman–Crippen LogP) is 2.58. The summed E-state index contributed by atoms with van der Waals surface area (Å²) in [5.41, 5.74) is 0.492. The van der Waals surface area contributed by atoms with E-state index in [1.807, 2.05) is 0 Å². The van der Waals surface area contributed by atoms with Crippen LogP contribution in [0.25, 0.3) is 0 Å². The van der Waals surface area contributed by atoms with Crippen molar-refractivity contribution in [2.45, 2.75) is 19.8 Å². The molecule has 1 aromatic heterocycles. The van der Waals surface area contributed by atoms with Crippen LogP contribution in [-0.2, 0) is 18.6 Å². The molecule has 99 valence electrons. The van der Waals surface area contributed by atoms with Gasteiger partial charge in [-0.2, -0.15) is 6.92 Å². The van der Waals surface area contributed by atoms with Crippen molar-refractivity contribution in [3.8, 4) is 0 Å². The van der Waals surface area contributed by atoms with Crippen molar-refractivity contribution < 1.29 is 32.1 Å². The number of anilines is 1. The first-order valence-electron chi connectivity index (χ1n) is 5.28. The number of ketones is 1. The number of hydrogen-bond acceptors (Lipinski definition) is 3. The number of halogens is 2. The minimum Gasteiger partial charge on any atom is -0.346 e. The van der Waals surface area contributed by atoms with Gasteiger partial charge in [0.1, 0.15) is 5.82 Å². The monoisotopic (exact) mass is 292 g/mol. The third-order valence-corrected chi connectivity index (χ3v) is 2.32. The number of Topliss-reactive ketones (excluding diaryl/α,β-unsaturated/α-hetero) is 1. The molecule has 0 aromatic carbocycles. The Morgan fingerprint density at radius 3 is 2.28 bits per heavy atom. The van der Waals surface area contributed by atoms with E-state index in [0.717, 1.165) is 0 Å². The van der Waals surface area contributed by atoms with Gasteiger partial charge in [-0.1, -0.05) is 0 Å². The Labute approximate surface area is 117 Å². The van der Waals surface area contributed by atoms with Crippen LogP contribution in [0.1, 0.15) is 24.2 Å². The SMILES string of the molecule is CC(=O)c1ccc(N2CC(F)(F)C2)nc1.[CH2-]C.[V]. The van der Waals surface area contributed by atoms with E-state index >= 15 is 0 Å². The maximum absolute atomic E-state index is 12.6. The van der Waals surface area contributed by atoms with E-state index in [1.165, 1.54) is 18.0 Å². The Morgan fingerprint density at radius 1 is 1.39 bits per heavy atom. The van der Waals surface area contributed by atoms with Crippen molar-refractivity contribution in [1.82, 2.24) is 4.98 Å². The van der Waals surface area contributed by atoms with Crippen molar-refractivity contribution in [3.05, 3.63) is 30.8 Å². The molecule has 1 fully saturated rings. The Balaban J connectivity index is 0.000000917. The molecule has 0 bridgehead atoms. The van der Waals surface area contributed by atoms with Gasteiger partial charge in [0.05, 0.1) is 13.1 Å². The molecule has 18 heavy (non-hydrogen) atoms.